The number of aliphatic hydroxyl groups excluding tert-OH is 1. The maximum atomic E-state index is 9.33. The van der Waals surface area contributed by atoms with Crippen LogP contribution in [0.1, 0.15) is 26.7 Å². The highest BCUT2D eigenvalue weighted by atomic mass is 16.6. The van der Waals surface area contributed by atoms with Crippen LogP contribution in [0.2, 0.25) is 0 Å². The first kappa shape index (κ1) is 13.1. The maximum absolute atomic E-state index is 9.33. The van der Waals surface area contributed by atoms with Crippen LogP contribution in [0.5, 0.6) is 0 Å². The Labute approximate surface area is 96.8 Å². The lowest BCUT2D eigenvalue weighted by Crippen LogP contribution is -2.36. The maximum Gasteiger partial charge on any atom is 0.171 e. The fourth-order valence-corrected chi connectivity index (χ4v) is 1.54. The fourth-order valence-electron chi connectivity index (χ4n) is 1.54. The number of rotatable bonds is 4. The Morgan fingerprint density at radius 1 is 1.50 bits per heavy atom. The van der Waals surface area contributed by atoms with Gasteiger partial charge in [-0.2, -0.15) is 0 Å². The van der Waals surface area contributed by atoms with Crippen LogP contribution in [-0.4, -0.2) is 48.5 Å². The highest BCUT2D eigenvalue weighted by molar-refractivity contribution is 5.87. The quantitative estimate of drug-likeness (QED) is 0.444. The number of aliphatic imine (C=N–C) groups is 1. The van der Waals surface area contributed by atoms with E-state index in [1.807, 2.05) is 13.8 Å². The molecule has 0 unspecified atom stereocenters. The van der Waals surface area contributed by atoms with Gasteiger partial charge in [-0.15, -0.1) is 0 Å². The van der Waals surface area contributed by atoms with E-state index >= 15 is 0 Å². The summed E-state index contributed by atoms with van der Waals surface area (Å²) < 4.78 is 0. The van der Waals surface area contributed by atoms with Gasteiger partial charge in [0.1, 0.15) is 0 Å². The molecule has 0 radical (unpaired) electrons. The summed E-state index contributed by atoms with van der Waals surface area (Å²) >= 11 is 0. The number of piperidine rings is 1. The van der Waals surface area contributed by atoms with E-state index in [0.717, 1.165) is 25.9 Å². The number of nitrogens with zero attached hydrogens (tertiary/aromatic N) is 3. The molecule has 16 heavy (non-hydrogen) atoms. The molecule has 0 aromatic rings. The van der Waals surface area contributed by atoms with Gasteiger partial charge in [-0.05, 0) is 19.6 Å². The smallest absolute Gasteiger partial charge is 0.171 e. The van der Waals surface area contributed by atoms with Gasteiger partial charge in [0.05, 0.1) is 6.10 Å². The van der Waals surface area contributed by atoms with Crippen LogP contribution < -0.4 is 0 Å². The lowest BCUT2D eigenvalue weighted by Gasteiger charge is -2.27. The van der Waals surface area contributed by atoms with Crippen LogP contribution in [0.3, 0.4) is 0 Å². The molecule has 0 aliphatic carbocycles. The Hall–Kier alpha value is -0.940. The Morgan fingerprint density at radius 2 is 2.12 bits per heavy atom. The second kappa shape index (κ2) is 6.60. The molecule has 1 fully saturated rings. The lowest BCUT2D eigenvalue weighted by molar-refractivity contribution is -0.00489. The third-order valence-corrected chi connectivity index (χ3v) is 2.63. The summed E-state index contributed by atoms with van der Waals surface area (Å²) in [6, 6.07) is 0. The van der Waals surface area contributed by atoms with Crippen molar-refractivity contribution in [3.05, 3.63) is 0 Å². The van der Waals surface area contributed by atoms with Crippen LogP contribution in [-0.2, 0) is 4.84 Å². The van der Waals surface area contributed by atoms with Crippen molar-refractivity contribution in [1.29, 1.82) is 0 Å². The molecule has 1 N–H and O–H groups in total. The molecule has 0 spiro atoms. The minimum atomic E-state index is -0.152. The van der Waals surface area contributed by atoms with Crippen molar-refractivity contribution >= 4 is 12.6 Å². The van der Waals surface area contributed by atoms with Crippen molar-refractivity contribution in [2.45, 2.75) is 32.8 Å². The number of hydrogen-bond acceptors (Lipinski definition) is 4. The number of likely N-dealkylation sites (tertiary alicyclic amines) is 1. The predicted molar refractivity (Wildman–Crippen MR) is 64.6 cm³/mol. The number of oxime groups is 1. The summed E-state index contributed by atoms with van der Waals surface area (Å²) in [6.07, 6.45) is 1.47. The van der Waals surface area contributed by atoms with Crippen LogP contribution in [0.4, 0.5) is 0 Å². The Kier molecular flexibility index (Phi) is 5.42. The van der Waals surface area contributed by atoms with E-state index in [1.54, 1.807) is 0 Å². The summed E-state index contributed by atoms with van der Waals surface area (Å²) in [5, 5.41) is 13.3. The zero-order valence-electron chi connectivity index (χ0n) is 10.1. The summed E-state index contributed by atoms with van der Waals surface area (Å²) in [4.78, 5) is 11.1. The van der Waals surface area contributed by atoms with Crippen molar-refractivity contribution in [2.24, 2.45) is 16.1 Å². The van der Waals surface area contributed by atoms with Gasteiger partial charge >= 0.3 is 0 Å². The molecule has 0 aromatic heterocycles. The second-order valence-corrected chi connectivity index (χ2v) is 4.37. The van der Waals surface area contributed by atoms with Gasteiger partial charge in [0.25, 0.3) is 0 Å². The van der Waals surface area contributed by atoms with Crippen LogP contribution in [0.15, 0.2) is 10.1 Å². The first-order chi connectivity index (χ1) is 7.63. The lowest BCUT2D eigenvalue weighted by atomic mass is 10.1. The van der Waals surface area contributed by atoms with Gasteiger partial charge in [0.15, 0.2) is 12.6 Å². The highest BCUT2D eigenvalue weighted by Gasteiger charge is 2.16. The second-order valence-electron chi connectivity index (χ2n) is 4.37. The van der Waals surface area contributed by atoms with E-state index in [-0.39, 0.29) is 12.0 Å². The van der Waals surface area contributed by atoms with E-state index in [0.29, 0.717) is 12.6 Å². The summed E-state index contributed by atoms with van der Waals surface area (Å²) in [7, 11) is 0. The van der Waals surface area contributed by atoms with Crippen LogP contribution in [0.25, 0.3) is 0 Å². The first-order valence-corrected chi connectivity index (χ1v) is 5.70. The first-order valence-electron chi connectivity index (χ1n) is 5.70. The van der Waals surface area contributed by atoms with Crippen LogP contribution >= 0.6 is 0 Å². The molecule has 92 valence electrons. The molecule has 0 bridgehead atoms. The van der Waals surface area contributed by atoms with Gasteiger partial charge in [-0.1, -0.05) is 19.0 Å². The minimum Gasteiger partial charge on any atom is -0.393 e. The molecule has 1 rings (SSSR count). The molecule has 5 nitrogen and oxygen atoms in total. The SMILES string of the molecule is C=N/C(=N\OCN1CCC(O)CC1)C(C)C. The molecule has 1 heterocycles. The number of amidine groups is 1. The summed E-state index contributed by atoms with van der Waals surface area (Å²) in [6.45, 7) is 9.61. The standard InChI is InChI=1S/C11H21N3O2/c1-9(2)11(12-3)13-16-8-14-6-4-10(15)5-7-14/h9-10,15H,3-8H2,1-2H3/b13-11-. The monoisotopic (exact) mass is 227 g/mol. The van der Waals surface area contributed by atoms with Crippen molar-refractivity contribution in [2.75, 3.05) is 19.8 Å². The minimum absolute atomic E-state index is 0.152. The van der Waals surface area contributed by atoms with E-state index in [4.69, 9.17) is 4.84 Å². The topological polar surface area (TPSA) is 57.4 Å². The van der Waals surface area contributed by atoms with Gasteiger partial charge < -0.3 is 9.94 Å². The van der Waals surface area contributed by atoms with Crippen molar-refractivity contribution in [3.63, 3.8) is 0 Å². The summed E-state index contributed by atoms with van der Waals surface area (Å²) in [5.74, 6) is 0.845. The molecule has 5 heteroatoms. The van der Waals surface area contributed by atoms with Crippen molar-refractivity contribution in [3.8, 4) is 0 Å². The van der Waals surface area contributed by atoms with E-state index in [1.165, 1.54) is 0 Å². The molecule has 0 aromatic carbocycles. The predicted octanol–water partition coefficient (Wildman–Crippen LogP) is 1.09. The Bertz CT molecular complexity index is 246. The average Bonchev–Trinajstić information content (AvgIpc) is 2.26. The zero-order valence-corrected chi connectivity index (χ0v) is 10.1. The number of hydrogen-bond donors (Lipinski definition) is 1. The molecule has 0 amide bonds. The molecule has 1 aliphatic heterocycles. The van der Waals surface area contributed by atoms with E-state index < -0.39 is 0 Å². The van der Waals surface area contributed by atoms with E-state index in [2.05, 4.69) is 21.8 Å². The van der Waals surface area contributed by atoms with Crippen LogP contribution in [0, 0.1) is 5.92 Å². The summed E-state index contributed by atoms with van der Waals surface area (Å²) in [5.41, 5.74) is 0. The fraction of sp³-hybridized carbons (Fsp3) is 0.818. The molecule has 1 saturated heterocycles. The third kappa shape index (κ3) is 4.28. The van der Waals surface area contributed by atoms with E-state index in [9.17, 15) is 5.11 Å². The molecule has 0 saturated carbocycles. The third-order valence-electron chi connectivity index (χ3n) is 2.63. The van der Waals surface area contributed by atoms with Gasteiger partial charge in [0.2, 0.25) is 0 Å². The Balaban J connectivity index is 2.26. The normalized spacial score (nSPS) is 20.1. The Morgan fingerprint density at radius 3 is 2.62 bits per heavy atom. The average molecular weight is 227 g/mol. The largest absolute Gasteiger partial charge is 0.393 e. The van der Waals surface area contributed by atoms with Gasteiger partial charge in [0, 0.05) is 19.0 Å². The molecular weight excluding hydrogens is 206 g/mol. The molecule has 0 atom stereocenters. The van der Waals surface area contributed by atoms with Gasteiger partial charge in [-0.25, -0.2) is 4.99 Å². The van der Waals surface area contributed by atoms with Gasteiger partial charge in [-0.3, -0.25) is 4.90 Å². The molecule has 1 aliphatic rings. The zero-order chi connectivity index (χ0) is 12.0. The molecular formula is C11H21N3O2. The van der Waals surface area contributed by atoms with Crippen molar-refractivity contribution < 1.29 is 9.94 Å². The highest BCUT2D eigenvalue weighted by Crippen LogP contribution is 2.09. The number of aliphatic hydroxyl groups is 1. The van der Waals surface area contributed by atoms with Crippen molar-refractivity contribution in [1.82, 2.24) is 4.90 Å².